The Balaban J connectivity index is 1.35. The largest absolute Gasteiger partial charge is 0.490 e. The maximum atomic E-state index is 12.6. The molecule has 2 heterocycles. The van der Waals surface area contributed by atoms with Crippen LogP contribution in [-0.4, -0.2) is 57.8 Å². The number of likely N-dealkylation sites (tertiary alicyclic amines) is 1. The summed E-state index contributed by atoms with van der Waals surface area (Å²) in [5, 5.41) is 2.88. The van der Waals surface area contributed by atoms with Crippen molar-refractivity contribution in [3.63, 3.8) is 0 Å². The number of benzene rings is 2. The van der Waals surface area contributed by atoms with E-state index in [2.05, 4.69) is 17.3 Å². The minimum absolute atomic E-state index is 0.173. The number of nitrogens with one attached hydrogen (secondary N) is 1. The summed E-state index contributed by atoms with van der Waals surface area (Å²) in [6.45, 7) is 2.57. The molecular formula is C23H29N3O4S. The third-order valence-electron chi connectivity index (χ3n) is 5.85. The van der Waals surface area contributed by atoms with E-state index in [-0.39, 0.29) is 17.8 Å². The second-order valence-corrected chi connectivity index (χ2v) is 10.3. The summed E-state index contributed by atoms with van der Waals surface area (Å²) in [7, 11) is -1.14. The van der Waals surface area contributed by atoms with Gasteiger partial charge in [0.2, 0.25) is 10.0 Å². The highest BCUT2D eigenvalue weighted by Crippen LogP contribution is 2.25. The van der Waals surface area contributed by atoms with Gasteiger partial charge >= 0.3 is 0 Å². The topological polar surface area (TPSA) is 79.0 Å². The Bertz CT molecular complexity index is 998. The van der Waals surface area contributed by atoms with Crippen molar-refractivity contribution in [2.24, 2.45) is 0 Å². The van der Waals surface area contributed by atoms with E-state index in [1.54, 1.807) is 24.3 Å². The molecule has 0 saturated carbocycles. The van der Waals surface area contributed by atoms with Gasteiger partial charge in [0.15, 0.2) is 0 Å². The summed E-state index contributed by atoms with van der Waals surface area (Å²) >= 11 is 0. The number of anilines is 2. The molecule has 0 aliphatic carbocycles. The molecule has 2 aliphatic heterocycles. The van der Waals surface area contributed by atoms with Crippen LogP contribution in [0.5, 0.6) is 5.75 Å². The monoisotopic (exact) mass is 443 g/mol. The smallest absolute Gasteiger partial charge is 0.255 e. The van der Waals surface area contributed by atoms with Crippen LogP contribution in [0, 0.1) is 0 Å². The average Bonchev–Trinajstić information content (AvgIpc) is 2.76. The van der Waals surface area contributed by atoms with Crippen molar-refractivity contribution < 1.29 is 17.9 Å². The second-order valence-electron chi connectivity index (χ2n) is 8.24. The van der Waals surface area contributed by atoms with Crippen molar-refractivity contribution in [2.45, 2.75) is 31.8 Å². The molecule has 166 valence electrons. The SMILES string of the molecule is CN1CCC(Oc2ccc(NC(=O)c3ccc(N4CCCCS4(=O)=O)cc3)cc2)CC1. The van der Waals surface area contributed by atoms with Crippen molar-refractivity contribution in [3.8, 4) is 5.75 Å². The van der Waals surface area contributed by atoms with E-state index in [0.29, 0.717) is 29.9 Å². The molecule has 2 aromatic rings. The van der Waals surface area contributed by atoms with Crippen LogP contribution in [0.2, 0.25) is 0 Å². The van der Waals surface area contributed by atoms with Crippen LogP contribution in [-0.2, 0) is 10.0 Å². The molecular weight excluding hydrogens is 414 g/mol. The molecule has 1 amide bonds. The first kappa shape index (κ1) is 21.6. The highest BCUT2D eigenvalue weighted by molar-refractivity contribution is 7.92. The van der Waals surface area contributed by atoms with Crippen LogP contribution in [0.3, 0.4) is 0 Å². The molecule has 31 heavy (non-hydrogen) atoms. The lowest BCUT2D eigenvalue weighted by molar-refractivity contribution is 0.102. The van der Waals surface area contributed by atoms with Gasteiger partial charge in [-0.1, -0.05) is 0 Å². The number of carbonyl (C=O) groups is 1. The number of piperidine rings is 1. The fourth-order valence-electron chi connectivity index (χ4n) is 3.97. The Hall–Kier alpha value is -2.58. The van der Waals surface area contributed by atoms with E-state index in [1.807, 2.05) is 24.3 Å². The maximum Gasteiger partial charge on any atom is 0.255 e. The van der Waals surface area contributed by atoms with Crippen molar-refractivity contribution in [1.82, 2.24) is 4.90 Å². The van der Waals surface area contributed by atoms with Gasteiger partial charge in [0.1, 0.15) is 11.9 Å². The molecule has 0 atom stereocenters. The van der Waals surface area contributed by atoms with E-state index >= 15 is 0 Å². The molecule has 2 aromatic carbocycles. The predicted octanol–water partition coefficient (Wildman–Crippen LogP) is 3.34. The van der Waals surface area contributed by atoms with E-state index in [0.717, 1.165) is 38.1 Å². The quantitative estimate of drug-likeness (QED) is 0.767. The standard InChI is InChI=1S/C23H29N3O4S/c1-25-15-12-22(13-16-25)30-21-10-6-19(7-11-21)24-23(27)18-4-8-20(9-5-18)26-14-2-3-17-31(26,28)29/h4-11,22H,2-3,12-17H2,1H3,(H,24,27). The third kappa shape index (κ3) is 5.37. The van der Waals surface area contributed by atoms with Gasteiger partial charge < -0.3 is 15.0 Å². The minimum Gasteiger partial charge on any atom is -0.490 e. The molecule has 8 heteroatoms. The summed E-state index contributed by atoms with van der Waals surface area (Å²) in [5.41, 5.74) is 1.76. The molecule has 1 N–H and O–H groups in total. The Morgan fingerprint density at radius 3 is 2.29 bits per heavy atom. The lowest BCUT2D eigenvalue weighted by atomic mass is 10.1. The van der Waals surface area contributed by atoms with Crippen LogP contribution in [0.15, 0.2) is 48.5 Å². The van der Waals surface area contributed by atoms with Gasteiger partial charge in [0.25, 0.3) is 5.91 Å². The first-order valence-electron chi connectivity index (χ1n) is 10.8. The van der Waals surface area contributed by atoms with Gasteiger partial charge in [-0.2, -0.15) is 0 Å². The lowest BCUT2D eigenvalue weighted by Gasteiger charge is -2.29. The Kier molecular flexibility index (Phi) is 6.48. The molecule has 4 rings (SSSR count). The van der Waals surface area contributed by atoms with E-state index in [9.17, 15) is 13.2 Å². The molecule has 2 saturated heterocycles. The van der Waals surface area contributed by atoms with Gasteiger partial charge in [-0.15, -0.1) is 0 Å². The number of amides is 1. The lowest BCUT2D eigenvalue weighted by Crippen LogP contribution is -2.37. The minimum atomic E-state index is -3.26. The van der Waals surface area contributed by atoms with Gasteiger partial charge in [0, 0.05) is 30.9 Å². The third-order valence-corrected chi connectivity index (χ3v) is 7.72. The summed E-state index contributed by atoms with van der Waals surface area (Å²) in [5.74, 6) is 0.740. The zero-order chi connectivity index (χ0) is 21.8. The molecule has 7 nitrogen and oxygen atoms in total. The van der Waals surface area contributed by atoms with E-state index in [4.69, 9.17) is 4.74 Å². The Morgan fingerprint density at radius 2 is 1.65 bits per heavy atom. The van der Waals surface area contributed by atoms with Crippen molar-refractivity contribution in [2.75, 3.05) is 42.1 Å². The summed E-state index contributed by atoms with van der Waals surface area (Å²) in [4.78, 5) is 14.9. The molecule has 0 bridgehead atoms. The number of rotatable bonds is 5. The molecule has 2 fully saturated rings. The number of carbonyl (C=O) groups excluding carboxylic acids is 1. The Labute approximate surface area is 184 Å². The number of hydrogen-bond acceptors (Lipinski definition) is 5. The zero-order valence-corrected chi connectivity index (χ0v) is 18.6. The van der Waals surface area contributed by atoms with Crippen molar-refractivity contribution >= 4 is 27.3 Å². The van der Waals surface area contributed by atoms with Gasteiger partial charge in [-0.3, -0.25) is 9.10 Å². The fourth-order valence-corrected chi connectivity index (χ4v) is 5.61. The number of sulfonamides is 1. The molecule has 0 unspecified atom stereocenters. The first-order chi connectivity index (χ1) is 14.9. The zero-order valence-electron chi connectivity index (χ0n) is 17.8. The second kappa shape index (κ2) is 9.28. The number of nitrogens with zero attached hydrogens (tertiary/aromatic N) is 2. The Morgan fingerprint density at radius 1 is 0.968 bits per heavy atom. The van der Waals surface area contributed by atoms with Gasteiger partial charge in [-0.25, -0.2) is 8.42 Å². The van der Waals surface area contributed by atoms with Crippen LogP contribution < -0.4 is 14.4 Å². The van der Waals surface area contributed by atoms with E-state index < -0.39 is 10.0 Å². The van der Waals surface area contributed by atoms with Gasteiger partial charge in [-0.05, 0) is 81.3 Å². The van der Waals surface area contributed by atoms with Crippen LogP contribution in [0.1, 0.15) is 36.0 Å². The highest BCUT2D eigenvalue weighted by Gasteiger charge is 2.26. The maximum absolute atomic E-state index is 12.6. The first-order valence-corrected chi connectivity index (χ1v) is 12.4. The van der Waals surface area contributed by atoms with E-state index in [1.165, 1.54) is 4.31 Å². The molecule has 0 aromatic heterocycles. The van der Waals surface area contributed by atoms with Crippen molar-refractivity contribution in [1.29, 1.82) is 0 Å². The number of ether oxygens (including phenoxy) is 1. The molecule has 2 aliphatic rings. The van der Waals surface area contributed by atoms with Crippen LogP contribution in [0.4, 0.5) is 11.4 Å². The summed E-state index contributed by atoms with van der Waals surface area (Å²) < 4.78 is 32.0. The normalized spacial score (nSPS) is 19.7. The summed E-state index contributed by atoms with van der Waals surface area (Å²) in [6.07, 6.45) is 3.81. The van der Waals surface area contributed by atoms with Gasteiger partial charge in [0.05, 0.1) is 11.4 Å². The fraction of sp³-hybridized carbons (Fsp3) is 0.435. The number of hydrogen-bond donors (Lipinski definition) is 1. The average molecular weight is 444 g/mol. The molecule has 0 radical (unpaired) electrons. The molecule has 0 spiro atoms. The van der Waals surface area contributed by atoms with Crippen LogP contribution >= 0.6 is 0 Å². The van der Waals surface area contributed by atoms with Crippen molar-refractivity contribution in [3.05, 3.63) is 54.1 Å². The van der Waals surface area contributed by atoms with Crippen LogP contribution in [0.25, 0.3) is 0 Å². The summed E-state index contributed by atoms with van der Waals surface area (Å²) in [6, 6.07) is 14.1. The predicted molar refractivity (Wildman–Crippen MR) is 122 cm³/mol. The highest BCUT2D eigenvalue weighted by atomic mass is 32.2.